The first-order valence-corrected chi connectivity index (χ1v) is 42.5. The van der Waals surface area contributed by atoms with E-state index in [1.807, 2.05) is 51.1 Å². The molecule has 33 nitrogen and oxygen atoms in total. The summed E-state index contributed by atoms with van der Waals surface area (Å²) in [6, 6.07) is 9.50. The van der Waals surface area contributed by atoms with Crippen LogP contribution in [0.1, 0.15) is 201 Å². The van der Waals surface area contributed by atoms with E-state index in [0.29, 0.717) is 98.1 Å². The van der Waals surface area contributed by atoms with Crippen molar-refractivity contribution in [3.05, 3.63) is 35.9 Å². The molecule has 0 radical (unpaired) electrons. The summed E-state index contributed by atoms with van der Waals surface area (Å²) in [5, 5.41) is 28.4. The summed E-state index contributed by atoms with van der Waals surface area (Å²) in [7, 11) is 3.12. The fraction of sp³-hybridized carbons (Fsp3) is 0.762. The smallest absolute Gasteiger partial charge is 0.306 e. The molecule has 0 aromatic heterocycles. The zero-order valence-electron chi connectivity index (χ0n) is 71.8. The number of carbonyl (C=O) groups excluding carboxylic acids is 14. The number of Topliss-reactive ketones (excluding diaryl/α,β-unsaturated/α-hetero) is 5. The first-order valence-electron chi connectivity index (χ1n) is 42.5. The van der Waals surface area contributed by atoms with E-state index in [1.54, 1.807) is 28.1 Å². The lowest BCUT2D eigenvalue weighted by Crippen LogP contribution is -2.40. The molecule has 0 heterocycles. The van der Waals surface area contributed by atoms with Crippen LogP contribution in [0.3, 0.4) is 0 Å². The van der Waals surface area contributed by atoms with Gasteiger partial charge in [0.05, 0.1) is 90.2 Å². The highest BCUT2D eigenvalue weighted by Gasteiger charge is 2.36. The molecule has 1 aromatic carbocycles. The van der Waals surface area contributed by atoms with E-state index in [0.717, 1.165) is 63.4 Å². The van der Waals surface area contributed by atoms with E-state index in [4.69, 9.17) is 44.6 Å². The number of amides is 8. The van der Waals surface area contributed by atoms with Gasteiger partial charge in [-0.3, -0.25) is 67.1 Å². The predicted molar refractivity (Wildman–Crippen MR) is 446 cm³/mol. The summed E-state index contributed by atoms with van der Waals surface area (Å²) in [4.78, 5) is 191. The van der Waals surface area contributed by atoms with Crippen molar-refractivity contribution in [2.24, 2.45) is 52.9 Å². The third kappa shape index (κ3) is 61.4. The van der Waals surface area contributed by atoms with Crippen LogP contribution in [-0.4, -0.2) is 254 Å². The van der Waals surface area contributed by atoms with Crippen molar-refractivity contribution >= 4 is 82.1 Å². The number of unbranched alkanes of at least 4 members (excludes halogenated alkanes) is 8. The van der Waals surface area contributed by atoms with E-state index in [1.165, 1.54) is 0 Å². The van der Waals surface area contributed by atoms with Gasteiger partial charge in [0.25, 0.3) is 0 Å². The third-order valence-corrected chi connectivity index (χ3v) is 18.7. The van der Waals surface area contributed by atoms with Crippen LogP contribution in [-0.2, 0) is 107 Å². The maximum Gasteiger partial charge on any atom is 0.306 e. The van der Waals surface area contributed by atoms with Gasteiger partial charge in [-0.05, 0) is 31.2 Å². The van der Waals surface area contributed by atoms with Crippen molar-refractivity contribution in [1.82, 2.24) is 53.2 Å². The Morgan fingerprint density at radius 3 is 1.09 bits per heavy atom. The standard InChI is InChI=1S/C68H125N11O18.C16H23NO3/c1-7-10-13-15-20-73-62(85)48-53(61(84)47-55(67(90)78-27-25-72-23-18-70)44-59(82)45-56(68(91)76-19-12-9-3)50-64(87)74-26-24-71-22-17-69)42-58(81)43-54(66(89)77-21-16-14-11-8-2)46-60(83)52(49-63(86)75-28-30-94-36-38-96-34-32-92-5)41-57(80)40-51(4)65(88)79-29-31-95-37-39-97-35-33-93-6;1-3-4-10-17-16(19)13(2)11-15(18)20-12-14-8-6-5-7-9-14/h51-56,71-72H,7-50,69-70H2,1-6H3,(H,73,85)(H,74,87)(H,75,86)(H,76,91)(H,77,89)(H,78,90)(H,79,88);5-9,13H,3-4,10-12H2,1-2H3,(H,17,19). The Kier molecular flexibility index (Phi) is 69.8. The van der Waals surface area contributed by atoms with Crippen molar-refractivity contribution < 1.29 is 100 Å². The summed E-state index contributed by atoms with van der Waals surface area (Å²) in [5.74, 6) is -15.3. The first kappa shape index (κ1) is 109. The Hall–Kier alpha value is -7.60. The molecule has 0 bridgehead atoms. The Morgan fingerprint density at radius 1 is 0.316 bits per heavy atom. The van der Waals surface area contributed by atoms with Gasteiger partial charge in [-0.15, -0.1) is 0 Å². The van der Waals surface area contributed by atoms with E-state index < -0.39 is 164 Å². The number of methoxy groups -OCH3 is 2. The molecule has 670 valence electrons. The van der Waals surface area contributed by atoms with Crippen LogP contribution < -0.4 is 64.6 Å². The minimum Gasteiger partial charge on any atom is -0.461 e. The second-order valence-corrected chi connectivity index (χ2v) is 29.3. The third-order valence-electron chi connectivity index (χ3n) is 18.7. The number of nitrogens with two attached hydrogens (primary N) is 2. The Bertz CT molecular complexity index is 2920. The van der Waals surface area contributed by atoms with Gasteiger partial charge in [0, 0.05) is 200 Å². The first-order chi connectivity index (χ1) is 56.4. The highest BCUT2D eigenvalue weighted by molar-refractivity contribution is 5.99. The van der Waals surface area contributed by atoms with Gasteiger partial charge in [-0.25, -0.2) is 0 Å². The van der Waals surface area contributed by atoms with Crippen molar-refractivity contribution in [3.63, 3.8) is 0 Å². The van der Waals surface area contributed by atoms with Crippen LogP contribution in [0.15, 0.2) is 30.3 Å². The van der Waals surface area contributed by atoms with Crippen LogP contribution in [0.2, 0.25) is 0 Å². The van der Waals surface area contributed by atoms with Crippen LogP contribution in [0.25, 0.3) is 0 Å². The maximum absolute atomic E-state index is 14.8. The predicted octanol–water partition coefficient (Wildman–Crippen LogP) is 3.74. The molecular formula is C84H148N12O21. The quantitative estimate of drug-likeness (QED) is 0.0326. The number of esters is 1. The molecule has 33 heteroatoms. The Balaban J connectivity index is 0.00000581. The number of benzene rings is 1. The number of ether oxygens (including phenoxy) is 7. The molecule has 7 unspecified atom stereocenters. The van der Waals surface area contributed by atoms with E-state index >= 15 is 0 Å². The fourth-order valence-electron chi connectivity index (χ4n) is 11.8. The average Bonchev–Trinajstić information content (AvgIpc) is 0.859. The molecule has 117 heavy (non-hydrogen) atoms. The second-order valence-electron chi connectivity index (χ2n) is 29.3. The maximum atomic E-state index is 14.8. The highest BCUT2D eigenvalue weighted by atomic mass is 16.5. The lowest BCUT2D eigenvalue weighted by Gasteiger charge is -2.23. The Morgan fingerprint density at radius 2 is 0.650 bits per heavy atom. The minimum absolute atomic E-state index is 0.0456. The molecule has 1 rings (SSSR count). The highest BCUT2D eigenvalue weighted by Crippen LogP contribution is 2.26. The van der Waals surface area contributed by atoms with Gasteiger partial charge in [-0.2, -0.15) is 0 Å². The molecule has 0 aliphatic rings. The SMILES string of the molecule is CCCCCCNC(=O)CC(CC(=O)CC(CC(=O)C(CC(=O)CC(C)C(=O)NCCOCCOCCOC)CC(=O)NCCOCCOCCOC)C(=O)NCCCCCC)C(=O)CC(CC(=O)CC(CC(=O)NCCNCCN)C(=O)NCCCC)C(=O)NCCNCCN.CCCCNC(=O)C(C)CC(=O)OCc1ccccc1. The van der Waals surface area contributed by atoms with Crippen LogP contribution >= 0.6 is 0 Å². The van der Waals surface area contributed by atoms with Gasteiger partial charge in [0.1, 0.15) is 35.5 Å². The average molecular weight is 1660 g/mol. The molecule has 14 N–H and O–H groups in total. The number of rotatable bonds is 77. The number of carbonyl (C=O) groups is 14. The molecule has 0 saturated carbocycles. The molecule has 1 aromatic rings. The summed E-state index contributed by atoms with van der Waals surface area (Å²) in [6.45, 7) is 19.0. The molecule has 7 atom stereocenters. The molecule has 0 aliphatic heterocycles. The van der Waals surface area contributed by atoms with E-state index in [-0.39, 0.29) is 123 Å². The lowest BCUT2D eigenvalue weighted by molar-refractivity contribution is -0.148. The fourth-order valence-corrected chi connectivity index (χ4v) is 11.8. The number of hydrogen-bond acceptors (Lipinski definition) is 25. The van der Waals surface area contributed by atoms with Crippen LogP contribution in [0.4, 0.5) is 0 Å². The van der Waals surface area contributed by atoms with Crippen LogP contribution in [0, 0.1) is 41.4 Å². The molecular weight excluding hydrogens is 1510 g/mol. The Labute approximate surface area is 695 Å². The van der Waals surface area contributed by atoms with Crippen molar-refractivity contribution in [2.45, 2.75) is 202 Å². The van der Waals surface area contributed by atoms with Gasteiger partial charge in [0.15, 0.2) is 0 Å². The second kappa shape index (κ2) is 74.7. The van der Waals surface area contributed by atoms with Crippen LogP contribution in [0.5, 0.6) is 0 Å². The number of nitrogens with one attached hydrogen (secondary N) is 10. The minimum atomic E-state index is -1.38. The molecule has 0 spiro atoms. The molecule has 0 aliphatic carbocycles. The normalized spacial score (nSPS) is 12.8. The monoisotopic (exact) mass is 1660 g/mol. The summed E-state index contributed by atoms with van der Waals surface area (Å²) >= 11 is 0. The zero-order valence-corrected chi connectivity index (χ0v) is 71.8. The van der Waals surface area contributed by atoms with Gasteiger partial charge in [0.2, 0.25) is 47.3 Å². The van der Waals surface area contributed by atoms with Gasteiger partial charge < -0.3 is 97.8 Å². The summed E-state index contributed by atoms with van der Waals surface area (Å²) in [6.07, 6.45) is 4.48. The lowest BCUT2D eigenvalue weighted by atomic mass is 9.82. The molecule has 8 amide bonds. The topological polar surface area (TPSA) is 476 Å². The van der Waals surface area contributed by atoms with Crippen molar-refractivity contribution in [2.75, 3.05) is 172 Å². The van der Waals surface area contributed by atoms with Gasteiger partial charge in [-0.1, -0.05) is 123 Å². The van der Waals surface area contributed by atoms with Gasteiger partial charge >= 0.3 is 5.97 Å². The van der Waals surface area contributed by atoms with Crippen molar-refractivity contribution in [3.8, 4) is 0 Å². The largest absolute Gasteiger partial charge is 0.461 e. The number of ketones is 5. The molecule has 0 saturated heterocycles. The number of hydrogen-bond donors (Lipinski definition) is 12. The zero-order chi connectivity index (χ0) is 86.9. The van der Waals surface area contributed by atoms with E-state index in [2.05, 4.69) is 60.1 Å². The molecule has 0 fully saturated rings. The summed E-state index contributed by atoms with van der Waals surface area (Å²) < 4.78 is 36.9. The summed E-state index contributed by atoms with van der Waals surface area (Å²) in [5.41, 5.74) is 12.1. The van der Waals surface area contributed by atoms with E-state index in [9.17, 15) is 67.1 Å². The van der Waals surface area contributed by atoms with Crippen molar-refractivity contribution in [1.29, 1.82) is 0 Å².